The highest BCUT2D eigenvalue weighted by atomic mass is 16.8. The topological polar surface area (TPSA) is 633 Å². The average Bonchev–Trinajstić information content (AvgIpc) is 0.695. The normalized spacial score (nSPS) is 25.7. The Balaban J connectivity index is 0.000000205. The van der Waals surface area contributed by atoms with Gasteiger partial charge in [-0.15, -0.1) is 0 Å². The van der Waals surface area contributed by atoms with Crippen LogP contribution in [0.3, 0.4) is 0 Å². The van der Waals surface area contributed by atoms with E-state index in [0.717, 1.165) is 109 Å². The van der Waals surface area contributed by atoms with Gasteiger partial charge in [0.1, 0.15) is 57.8 Å². The van der Waals surface area contributed by atoms with Crippen LogP contribution in [-0.2, 0) is 59.3 Å². The number of aliphatic carboxylic acids is 2. The largest absolute Gasteiger partial charge is 0.508 e. The summed E-state index contributed by atoms with van der Waals surface area (Å²) < 4.78 is 57.2. The van der Waals surface area contributed by atoms with Gasteiger partial charge >= 0.3 is 59.0 Å². The van der Waals surface area contributed by atoms with Gasteiger partial charge in [-0.1, -0.05) is 24.3 Å². The van der Waals surface area contributed by atoms with Crippen LogP contribution in [0.1, 0.15) is 79.8 Å². The predicted molar refractivity (Wildman–Crippen MR) is 389 cm³/mol. The van der Waals surface area contributed by atoms with Crippen molar-refractivity contribution in [2.24, 2.45) is 0 Å². The molecule has 2 saturated carbocycles. The first-order valence-electron chi connectivity index (χ1n) is 34.6. The molecule has 118 heavy (non-hydrogen) atoms. The van der Waals surface area contributed by atoms with Crippen molar-refractivity contribution in [1.29, 1.82) is 0 Å². The van der Waals surface area contributed by atoms with Gasteiger partial charge in [0.05, 0.1) is 12.2 Å². The number of rotatable bonds is 16. The summed E-state index contributed by atoms with van der Waals surface area (Å²) >= 11 is 0. The van der Waals surface area contributed by atoms with E-state index in [9.17, 15) is 140 Å². The molecule has 2 fully saturated rings. The molecule has 612 valence electrons. The number of phenolic OH excluding ortho intramolecular Hbond substituents is 12. The lowest BCUT2D eigenvalue weighted by atomic mass is 9.79. The minimum Gasteiger partial charge on any atom is -0.508 e. The molecule has 38 nitrogen and oxygen atoms in total. The Bertz CT molecular complexity index is 5630. The van der Waals surface area contributed by atoms with Gasteiger partial charge in [-0.05, 0) is 131 Å². The molecule has 0 radical (unpaired) electrons. The van der Waals surface area contributed by atoms with Crippen LogP contribution in [0, 0.1) is 0 Å². The van der Waals surface area contributed by atoms with Crippen LogP contribution in [-0.4, -0.2) is 209 Å². The number of carbonyl (C=O) groups excluding carboxylic acids is 6. The lowest BCUT2D eigenvalue weighted by Crippen LogP contribution is -2.70. The third kappa shape index (κ3) is 15.1. The van der Waals surface area contributed by atoms with Crippen molar-refractivity contribution in [3.05, 3.63) is 202 Å². The van der Waals surface area contributed by atoms with E-state index < -0.39 is 236 Å². The fourth-order valence-electron chi connectivity index (χ4n) is 13.6. The van der Waals surface area contributed by atoms with Gasteiger partial charge in [0.15, 0.2) is 92.4 Å². The molecular weight excluding hydrogens is 1570 g/mol. The van der Waals surface area contributed by atoms with Crippen LogP contribution in [0.25, 0.3) is 24.3 Å². The first-order chi connectivity index (χ1) is 55.6. The summed E-state index contributed by atoms with van der Waals surface area (Å²) in [5.41, 5.74) is -6.01. The van der Waals surface area contributed by atoms with Gasteiger partial charge in [-0.2, -0.15) is 0 Å². The number of benzene rings is 8. The molecule has 8 aromatic carbocycles. The van der Waals surface area contributed by atoms with Crippen LogP contribution < -0.4 is 28.4 Å². The number of carbonyl (C=O) groups is 8. The molecule has 8 aromatic rings. The number of ether oxygens (including phenoxy) is 10. The van der Waals surface area contributed by atoms with Crippen LogP contribution in [0.4, 0.5) is 0 Å². The molecule has 6 aliphatic rings. The number of ketones is 2. The molecule has 20 N–H and O–H groups in total. The minimum absolute atomic E-state index is 0.151. The average molecular weight is 1630 g/mol. The van der Waals surface area contributed by atoms with Gasteiger partial charge in [0.25, 0.3) is 11.6 Å². The Morgan fingerprint density at radius 2 is 0.636 bits per heavy atom. The molecular formula is C80H64O38. The van der Waals surface area contributed by atoms with Crippen LogP contribution in [0.5, 0.6) is 103 Å². The lowest BCUT2D eigenvalue weighted by molar-refractivity contribution is -0.316. The Kier molecular flexibility index (Phi) is 20.9. The molecule has 4 heterocycles. The summed E-state index contributed by atoms with van der Waals surface area (Å²) in [6.07, 6.45) is -5.37. The summed E-state index contributed by atoms with van der Waals surface area (Å²) in [6, 6.07) is 24.7. The highest BCUT2D eigenvalue weighted by molar-refractivity contribution is 6.09. The van der Waals surface area contributed by atoms with Crippen molar-refractivity contribution < 1.29 is 188 Å². The van der Waals surface area contributed by atoms with Gasteiger partial charge in [-0.3, -0.25) is 9.59 Å². The first-order valence-corrected chi connectivity index (χ1v) is 34.6. The second kappa shape index (κ2) is 30.4. The second-order valence-corrected chi connectivity index (χ2v) is 27.5. The minimum atomic E-state index is -3.16. The number of carboxylic acid groups (broad SMARTS) is 2. The highest BCUT2D eigenvalue weighted by Gasteiger charge is 2.73. The summed E-state index contributed by atoms with van der Waals surface area (Å²) in [5, 5.41) is 206. The number of aliphatic hydroxyl groups excluding tert-OH is 2. The number of Topliss-reactive ketones (excluding diaryl/α,β-unsaturated/α-hetero) is 2. The Morgan fingerprint density at radius 1 is 0.331 bits per heavy atom. The van der Waals surface area contributed by atoms with Crippen molar-refractivity contribution in [2.75, 3.05) is 0 Å². The second-order valence-electron chi connectivity index (χ2n) is 27.5. The fourth-order valence-corrected chi connectivity index (χ4v) is 13.6. The Hall–Kier alpha value is -15.0. The van der Waals surface area contributed by atoms with E-state index in [-0.39, 0.29) is 56.4 Å². The Labute approximate surface area is 659 Å². The predicted octanol–water partition coefficient (Wildman–Crippen LogP) is 4.06. The van der Waals surface area contributed by atoms with Crippen molar-refractivity contribution >= 4 is 71.7 Å². The number of aliphatic hydroxyl groups is 6. The molecule has 12 atom stereocenters. The monoisotopic (exact) mass is 1630 g/mol. The number of fused-ring (bicyclic) bond motifs is 6. The van der Waals surface area contributed by atoms with Gasteiger partial charge in [0.2, 0.25) is 0 Å². The summed E-state index contributed by atoms with van der Waals surface area (Å²) in [4.78, 5) is 103. The third-order valence-corrected chi connectivity index (χ3v) is 19.4. The molecule has 2 aliphatic carbocycles. The molecule has 0 aromatic heterocycles. The van der Waals surface area contributed by atoms with E-state index >= 15 is 0 Å². The maximum absolute atomic E-state index is 14.0. The van der Waals surface area contributed by atoms with Crippen LogP contribution in [0.2, 0.25) is 0 Å². The molecule has 14 rings (SSSR count). The molecule has 38 heteroatoms. The first kappa shape index (κ1) is 81.1. The smallest absolute Gasteiger partial charge is 0.357 e. The molecule has 0 saturated heterocycles. The number of hydrogen-bond donors (Lipinski definition) is 20. The van der Waals surface area contributed by atoms with Gasteiger partial charge in [-0.25, -0.2) is 28.8 Å². The zero-order valence-electron chi connectivity index (χ0n) is 59.9. The fraction of sp³-hybridized carbons (Fsp3) is 0.200. The van der Waals surface area contributed by atoms with Crippen molar-refractivity contribution in [2.45, 2.75) is 96.7 Å². The van der Waals surface area contributed by atoms with E-state index in [1.165, 1.54) is 72.8 Å². The summed E-state index contributed by atoms with van der Waals surface area (Å²) in [5.74, 6) is -31.0. The highest BCUT2D eigenvalue weighted by Crippen LogP contribution is 2.58. The maximum atomic E-state index is 14.0. The van der Waals surface area contributed by atoms with Crippen LogP contribution in [0.15, 0.2) is 158 Å². The SMILES string of the molecule is O=C(/C=C/c1ccc2c(c1)OC1(O)C(=O)c3c(O)cc(O)cc3OC1(c1ccc(O)c(O)c1)O2)O[C@@H]1[C@H](O)C[C@@](O)(C(=O)O)C[C@H]1OC(=O)/C=C/c1ccc(O)c(O)c1.O=C(/C=C/c1ccc2c(c1)OC1(c3ccc(O)c(O)c3)Oc3cc(O)cc(O)c3C(=O)C1(O)O2)O[C@@H]1[C@H](O)C[C@@](O)(C(=O)O)C[C@H]1OC(=O)/C=C/c1ccc(O)c(O)c1. The van der Waals surface area contributed by atoms with E-state index in [0.29, 0.717) is 0 Å². The zero-order valence-corrected chi connectivity index (χ0v) is 59.9. The van der Waals surface area contributed by atoms with E-state index in [1.54, 1.807) is 0 Å². The standard InChI is InChI=1S/2C40H32O19/c41-21-14-26(46)34-30(15-21)59-40(20-5-7-23(43)25(45)13-20)39(54,36(34)50)57-29-12-19(2-8-28(29)58-40)4-10-33(49)56-35-27(47)16-38(53,37(51)52)17-31(35)55-32(48)9-3-18-1-6-22(42)24(44)11-18;41-21-14-26(46)34-30(15-21)59-40(20-5-7-23(43)25(45)13-20)39(54,36(34)50)57-28-8-2-19(12-29(28)58-40)4-10-33(49)56-35-27(47)16-38(53,37(51)52)17-31(35)55-32(48)9-3-18-1-6-22(42)24(44)11-18/h2*1-15,27,31,35,41-47,53-54H,16-17H2,(H,51,52)/b2*9-3+,10-4+/t2*27-,31-,35-,38+,39?,40?/m11/s1. The molecule has 0 bridgehead atoms. The van der Waals surface area contributed by atoms with E-state index in [4.69, 9.17) is 47.4 Å². The number of esters is 4. The lowest BCUT2D eigenvalue weighted by Gasteiger charge is -2.50. The van der Waals surface area contributed by atoms with Gasteiger partial charge in [0, 0.05) is 85.4 Å². The van der Waals surface area contributed by atoms with Gasteiger partial charge < -0.3 is 149 Å². The number of hydrogen-bond acceptors (Lipinski definition) is 36. The molecule has 4 unspecified atom stereocenters. The summed E-state index contributed by atoms with van der Waals surface area (Å²) in [6.45, 7) is 0. The van der Waals surface area contributed by atoms with Crippen molar-refractivity contribution in [1.82, 2.24) is 0 Å². The number of carboxylic acids is 2. The quantitative estimate of drug-likeness (QED) is 0.0281. The number of aromatic hydroxyl groups is 12. The molecule has 4 aliphatic heterocycles. The zero-order chi connectivity index (χ0) is 85.2. The number of phenols is 12. The van der Waals surface area contributed by atoms with E-state index in [1.807, 2.05) is 0 Å². The third-order valence-electron chi connectivity index (χ3n) is 19.4. The molecule has 0 spiro atoms. The summed E-state index contributed by atoms with van der Waals surface area (Å²) in [7, 11) is 0. The van der Waals surface area contributed by atoms with E-state index in [2.05, 4.69) is 0 Å². The maximum Gasteiger partial charge on any atom is 0.357 e. The Morgan fingerprint density at radius 3 is 1.00 bits per heavy atom. The molecule has 0 amide bonds. The van der Waals surface area contributed by atoms with Crippen molar-refractivity contribution in [3.63, 3.8) is 0 Å². The van der Waals surface area contributed by atoms with Crippen molar-refractivity contribution in [3.8, 4) is 103 Å². The van der Waals surface area contributed by atoms with Crippen LogP contribution >= 0.6 is 0 Å².